The lowest BCUT2D eigenvalue weighted by molar-refractivity contribution is -0.135. The van der Waals surface area contributed by atoms with Crippen molar-refractivity contribution in [3.8, 4) is 0 Å². The first-order valence-corrected chi connectivity index (χ1v) is 6.33. The van der Waals surface area contributed by atoms with E-state index in [0.29, 0.717) is 12.3 Å². The first-order valence-electron chi connectivity index (χ1n) is 6.33. The van der Waals surface area contributed by atoms with Gasteiger partial charge in [0, 0.05) is 25.6 Å². The van der Waals surface area contributed by atoms with Crippen molar-refractivity contribution in [2.45, 2.75) is 53.0 Å². The molecule has 3 nitrogen and oxygen atoms in total. The van der Waals surface area contributed by atoms with Crippen LogP contribution in [0.4, 0.5) is 0 Å². The number of carbonyl (C=O) groups is 1. The molecule has 0 bridgehead atoms. The van der Waals surface area contributed by atoms with E-state index in [0.717, 1.165) is 25.9 Å². The molecule has 1 amide bonds. The van der Waals surface area contributed by atoms with Crippen LogP contribution in [0.5, 0.6) is 0 Å². The van der Waals surface area contributed by atoms with E-state index in [1.165, 1.54) is 0 Å². The lowest BCUT2D eigenvalue weighted by atomic mass is 9.89. The quantitative estimate of drug-likeness (QED) is 0.783. The molecule has 1 aliphatic heterocycles. The molecule has 1 fully saturated rings. The van der Waals surface area contributed by atoms with Gasteiger partial charge in [-0.15, -0.1) is 0 Å². The summed E-state index contributed by atoms with van der Waals surface area (Å²) in [6.45, 7) is 10.1. The van der Waals surface area contributed by atoms with Crippen LogP contribution in [0.25, 0.3) is 0 Å². The van der Waals surface area contributed by atoms with Crippen LogP contribution in [0.3, 0.4) is 0 Å². The molecule has 2 atom stereocenters. The summed E-state index contributed by atoms with van der Waals surface area (Å²) in [7, 11) is 0. The SMILES string of the molecule is CC(N)C1CCCN(C(=O)CC(C)(C)C)C1. The highest BCUT2D eigenvalue weighted by molar-refractivity contribution is 5.76. The van der Waals surface area contributed by atoms with Crippen molar-refractivity contribution in [2.75, 3.05) is 13.1 Å². The highest BCUT2D eigenvalue weighted by atomic mass is 16.2. The van der Waals surface area contributed by atoms with Gasteiger partial charge in [-0.3, -0.25) is 4.79 Å². The Balaban J connectivity index is 2.50. The Bertz CT molecular complexity index is 243. The maximum Gasteiger partial charge on any atom is 0.223 e. The zero-order chi connectivity index (χ0) is 12.3. The Labute approximate surface area is 99.4 Å². The molecule has 0 aromatic carbocycles. The van der Waals surface area contributed by atoms with Crippen LogP contribution in [-0.2, 0) is 4.79 Å². The van der Waals surface area contributed by atoms with Crippen molar-refractivity contribution in [1.29, 1.82) is 0 Å². The van der Waals surface area contributed by atoms with Crippen LogP contribution < -0.4 is 5.73 Å². The second-order valence-electron chi connectivity index (χ2n) is 6.34. The van der Waals surface area contributed by atoms with Gasteiger partial charge in [-0.2, -0.15) is 0 Å². The van der Waals surface area contributed by atoms with Gasteiger partial charge in [-0.25, -0.2) is 0 Å². The lowest BCUT2D eigenvalue weighted by Gasteiger charge is -2.36. The second kappa shape index (κ2) is 5.17. The van der Waals surface area contributed by atoms with Gasteiger partial charge in [0.25, 0.3) is 0 Å². The molecular formula is C13H26N2O. The summed E-state index contributed by atoms with van der Waals surface area (Å²) < 4.78 is 0. The van der Waals surface area contributed by atoms with Crippen molar-refractivity contribution >= 4 is 5.91 Å². The van der Waals surface area contributed by atoms with Crippen molar-refractivity contribution in [1.82, 2.24) is 4.90 Å². The van der Waals surface area contributed by atoms with Gasteiger partial charge in [-0.05, 0) is 31.1 Å². The van der Waals surface area contributed by atoms with Crippen LogP contribution >= 0.6 is 0 Å². The van der Waals surface area contributed by atoms with E-state index in [2.05, 4.69) is 20.8 Å². The van der Waals surface area contributed by atoms with Gasteiger partial charge < -0.3 is 10.6 Å². The Morgan fingerprint density at radius 2 is 2.12 bits per heavy atom. The van der Waals surface area contributed by atoms with E-state index in [9.17, 15) is 4.79 Å². The highest BCUT2D eigenvalue weighted by Gasteiger charge is 2.27. The Kier molecular flexibility index (Phi) is 4.36. The van der Waals surface area contributed by atoms with Crippen molar-refractivity contribution in [3.63, 3.8) is 0 Å². The van der Waals surface area contributed by atoms with E-state index in [1.807, 2.05) is 11.8 Å². The molecule has 1 rings (SSSR count). The molecule has 0 aromatic rings. The standard InChI is InChI=1S/C13H26N2O/c1-10(14)11-6-5-7-15(9-11)12(16)8-13(2,3)4/h10-11H,5-9,14H2,1-4H3. The summed E-state index contributed by atoms with van der Waals surface area (Å²) in [6, 6.07) is 0.199. The predicted molar refractivity (Wildman–Crippen MR) is 67.0 cm³/mol. The van der Waals surface area contributed by atoms with Crippen LogP contribution in [0.2, 0.25) is 0 Å². The fraction of sp³-hybridized carbons (Fsp3) is 0.923. The summed E-state index contributed by atoms with van der Waals surface area (Å²) in [6.07, 6.45) is 2.90. The van der Waals surface area contributed by atoms with Gasteiger partial charge in [0.15, 0.2) is 0 Å². The van der Waals surface area contributed by atoms with Crippen LogP contribution in [0.1, 0.15) is 47.0 Å². The van der Waals surface area contributed by atoms with Crippen LogP contribution in [-0.4, -0.2) is 29.9 Å². The van der Waals surface area contributed by atoms with Gasteiger partial charge in [0.2, 0.25) is 5.91 Å². The monoisotopic (exact) mass is 226 g/mol. The molecule has 94 valence electrons. The van der Waals surface area contributed by atoms with E-state index < -0.39 is 0 Å². The molecule has 0 radical (unpaired) electrons. The summed E-state index contributed by atoms with van der Waals surface area (Å²) in [5, 5.41) is 0. The number of piperidine rings is 1. The highest BCUT2D eigenvalue weighted by Crippen LogP contribution is 2.24. The first-order chi connectivity index (χ1) is 7.29. The molecular weight excluding hydrogens is 200 g/mol. The normalized spacial score (nSPS) is 24.3. The number of rotatable bonds is 2. The largest absolute Gasteiger partial charge is 0.342 e. The molecule has 2 N–H and O–H groups in total. The average molecular weight is 226 g/mol. The second-order valence-corrected chi connectivity index (χ2v) is 6.34. The third-order valence-corrected chi connectivity index (χ3v) is 3.24. The van der Waals surface area contributed by atoms with Gasteiger partial charge in [0.05, 0.1) is 0 Å². The summed E-state index contributed by atoms with van der Waals surface area (Å²) in [5.74, 6) is 0.774. The van der Waals surface area contributed by atoms with Gasteiger partial charge in [-0.1, -0.05) is 20.8 Å². The van der Waals surface area contributed by atoms with E-state index >= 15 is 0 Å². The fourth-order valence-corrected chi connectivity index (χ4v) is 2.23. The Morgan fingerprint density at radius 3 is 2.62 bits per heavy atom. The average Bonchev–Trinajstić information content (AvgIpc) is 2.15. The van der Waals surface area contributed by atoms with Crippen molar-refractivity contribution in [3.05, 3.63) is 0 Å². The molecule has 1 saturated heterocycles. The third-order valence-electron chi connectivity index (χ3n) is 3.24. The number of likely N-dealkylation sites (tertiary alicyclic amines) is 1. The summed E-state index contributed by atoms with van der Waals surface area (Å²) in [4.78, 5) is 14.1. The fourth-order valence-electron chi connectivity index (χ4n) is 2.23. The zero-order valence-corrected chi connectivity index (χ0v) is 11.1. The number of amides is 1. The molecule has 1 heterocycles. The minimum absolute atomic E-state index is 0.0817. The van der Waals surface area contributed by atoms with Gasteiger partial charge in [0.1, 0.15) is 0 Å². The minimum Gasteiger partial charge on any atom is -0.342 e. The first kappa shape index (κ1) is 13.5. The van der Waals surface area contributed by atoms with E-state index in [4.69, 9.17) is 5.73 Å². The molecule has 0 aromatic heterocycles. The minimum atomic E-state index is 0.0817. The van der Waals surface area contributed by atoms with Crippen molar-refractivity contribution < 1.29 is 4.79 Å². The zero-order valence-electron chi connectivity index (χ0n) is 11.1. The molecule has 16 heavy (non-hydrogen) atoms. The summed E-state index contributed by atoms with van der Waals surface area (Å²) >= 11 is 0. The molecule has 0 saturated carbocycles. The molecule has 0 spiro atoms. The van der Waals surface area contributed by atoms with Crippen LogP contribution in [0.15, 0.2) is 0 Å². The maximum absolute atomic E-state index is 12.1. The smallest absolute Gasteiger partial charge is 0.223 e. The van der Waals surface area contributed by atoms with E-state index in [-0.39, 0.29) is 17.4 Å². The Morgan fingerprint density at radius 1 is 1.50 bits per heavy atom. The third kappa shape index (κ3) is 4.12. The number of carbonyl (C=O) groups excluding carboxylic acids is 1. The number of hydrogen-bond acceptors (Lipinski definition) is 2. The lowest BCUT2D eigenvalue weighted by Crippen LogP contribution is -2.45. The Hall–Kier alpha value is -0.570. The van der Waals surface area contributed by atoms with E-state index in [1.54, 1.807) is 0 Å². The topological polar surface area (TPSA) is 46.3 Å². The van der Waals surface area contributed by atoms with Crippen LogP contribution in [0, 0.1) is 11.3 Å². The number of nitrogens with two attached hydrogens (primary N) is 1. The maximum atomic E-state index is 12.1. The molecule has 3 heteroatoms. The molecule has 0 aliphatic carbocycles. The number of hydrogen-bond donors (Lipinski definition) is 1. The molecule has 2 unspecified atom stereocenters. The number of nitrogens with zero attached hydrogens (tertiary/aromatic N) is 1. The molecule has 1 aliphatic rings. The summed E-state index contributed by atoms with van der Waals surface area (Å²) in [5.41, 5.74) is 6.00. The van der Waals surface area contributed by atoms with Crippen molar-refractivity contribution in [2.24, 2.45) is 17.1 Å². The van der Waals surface area contributed by atoms with Gasteiger partial charge >= 0.3 is 0 Å². The predicted octanol–water partition coefficient (Wildman–Crippen LogP) is 2.01.